The summed E-state index contributed by atoms with van der Waals surface area (Å²) in [5.74, 6) is -4.33. The maximum atomic E-state index is 11.5. The number of carboxylic acid groups (broad SMARTS) is 2. The van der Waals surface area contributed by atoms with E-state index >= 15 is 0 Å². The topological polar surface area (TPSA) is 153 Å². The summed E-state index contributed by atoms with van der Waals surface area (Å²) in [4.78, 5) is 22.6. The van der Waals surface area contributed by atoms with Gasteiger partial charge in [-0.05, 0) is 27.7 Å². The molecule has 0 spiro atoms. The van der Waals surface area contributed by atoms with Crippen molar-refractivity contribution in [1.82, 2.24) is 0 Å². The van der Waals surface area contributed by atoms with Crippen LogP contribution in [0, 0.1) is 5.41 Å². The summed E-state index contributed by atoms with van der Waals surface area (Å²) in [6, 6.07) is 0. The van der Waals surface area contributed by atoms with Gasteiger partial charge in [-0.3, -0.25) is 4.55 Å². The third-order valence-corrected chi connectivity index (χ3v) is 4.01. The van der Waals surface area contributed by atoms with Crippen LogP contribution in [0.15, 0.2) is 0 Å². The number of carboxylic acids is 2. The Balaban J connectivity index is -0.00000220. The maximum Gasteiger partial charge on any atom is 1.00 e. The number of aliphatic carboxylic acids is 2. The van der Waals surface area contributed by atoms with Crippen molar-refractivity contribution >= 4 is 22.1 Å². The Bertz CT molecular complexity index is 493. The summed E-state index contributed by atoms with van der Waals surface area (Å²) < 4.78 is 41.9. The van der Waals surface area contributed by atoms with E-state index < -0.39 is 58.1 Å². The van der Waals surface area contributed by atoms with Gasteiger partial charge in [0.05, 0.1) is 42.8 Å². The van der Waals surface area contributed by atoms with Gasteiger partial charge < -0.3 is 29.3 Å². The van der Waals surface area contributed by atoms with Gasteiger partial charge in [0.2, 0.25) is 0 Å². The molecule has 0 aromatic heterocycles. The molecular weight excluding hydrogens is 366 g/mol. The Labute approximate surface area is 185 Å². The summed E-state index contributed by atoms with van der Waals surface area (Å²) in [6.07, 6.45) is -1.05. The molecule has 0 fully saturated rings. The zero-order chi connectivity index (χ0) is 17.7. The molecule has 0 bridgehead atoms. The molecule has 1 unspecified atom stereocenters. The van der Waals surface area contributed by atoms with E-state index in [1.807, 2.05) is 0 Å². The van der Waals surface area contributed by atoms with Crippen LogP contribution in [0.25, 0.3) is 0 Å². The number of ether oxygens (including phenoxy) is 2. The SMILES string of the molecule is CC(C)OCC(COC(C)C)(C(=O)[O-])C(C(=O)[O-])S(=O)(=O)O.[Na+].[Na+]. The van der Waals surface area contributed by atoms with Crippen LogP contribution in [0.5, 0.6) is 0 Å². The van der Waals surface area contributed by atoms with Crippen LogP contribution in [0.2, 0.25) is 0 Å². The second-order valence-corrected chi connectivity index (χ2v) is 6.88. The number of hydrogen-bond donors (Lipinski definition) is 1. The summed E-state index contributed by atoms with van der Waals surface area (Å²) in [5.41, 5.74) is -2.65. The van der Waals surface area contributed by atoms with Crippen LogP contribution in [0.3, 0.4) is 0 Å². The number of rotatable bonds is 10. The van der Waals surface area contributed by atoms with Crippen molar-refractivity contribution in [3.05, 3.63) is 0 Å². The van der Waals surface area contributed by atoms with Crippen LogP contribution < -0.4 is 69.3 Å². The van der Waals surface area contributed by atoms with Gasteiger partial charge in [0.1, 0.15) is 5.25 Å². The van der Waals surface area contributed by atoms with E-state index in [1.165, 1.54) is 27.7 Å². The molecule has 0 aliphatic rings. The monoisotopic (exact) mass is 386 g/mol. The minimum atomic E-state index is -5.31. The molecule has 24 heavy (non-hydrogen) atoms. The summed E-state index contributed by atoms with van der Waals surface area (Å²) in [5, 5.41) is 19.8. The second-order valence-electron chi connectivity index (χ2n) is 5.38. The summed E-state index contributed by atoms with van der Waals surface area (Å²) >= 11 is 0. The number of carbonyl (C=O) groups excluding carboxylic acids is 2. The van der Waals surface area contributed by atoms with Crippen LogP contribution in [-0.4, -0.2) is 55.6 Å². The quantitative estimate of drug-likeness (QED) is 0.285. The maximum absolute atomic E-state index is 11.5. The molecule has 0 saturated carbocycles. The molecule has 0 rings (SSSR count). The van der Waals surface area contributed by atoms with Crippen molar-refractivity contribution < 1.29 is 101 Å². The fraction of sp³-hybridized carbons (Fsp3) is 0.833. The molecule has 1 N–H and O–H groups in total. The Hall–Kier alpha value is 0.770. The van der Waals surface area contributed by atoms with E-state index in [4.69, 9.17) is 14.0 Å². The first-order chi connectivity index (χ1) is 9.84. The van der Waals surface area contributed by atoms with Crippen molar-refractivity contribution in [3.8, 4) is 0 Å². The zero-order valence-electron chi connectivity index (χ0n) is 14.8. The molecule has 0 saturated heterocycles. The van der Waals surface area contributed by atoms with Crippen LogP contribution >= 0.6 is 0 Å². The van der Waals surface area contributed by atoms with Crippen molar-refractivity contribution in [3.63, 3.8) is 0 Å². The first kappa shape index (κ1) is 29.5. The van der Waals surface area contributed by atoms with Gasteiger partial charge in [0.15, 0.2) is 0 Å². The predicted octanol–water partition coefficient (Wildman–Crippen LogP) is -8.41. The Kier molecular flexibility index (Phi) is 15.0. The first-order valence-electron chi connectivity index (χ1n) is 6.46. The smallest absolute Gasteiger partial charge is 0.549 e. The first-order valence-corrected chi connectivity index (χ1v) is 7.96. The van der Waals surface area contributed by atoms with Crippen LogP contribution in [0.4, 0.5) is 0 Å². The van der Waals surface area contributed by atoms with Gasteiger partial charge in [-0.15, -0.1) is 0 Å². The third-order valence-electron chi connectivity index (χ3n) is 2.77. The molecule has 0 aromatic carbocycles. The molecule has 0 heterocycles. The fourth-order valence-corrected chi connectivity index (χ4v) is 2.73. The van der Waals surface area contributed by atoms with Gasteiger partial charge in [-0.1, -0.05) is 0 Å². The van der Waals surface area contributed by atoms with Crippen molar-refractivity contribution in [2.45, 2.75) is 45.2 Å². The molecule has 9 nitrogen and oxygen atoms in total. The Morgan fingerprint density at radius 2 is 1.33 bits per heavy atom. The molecule has 1 atom stereocenters. The molecule has 12 heteroatoms. The standard InChI is InChI=1S/C12H22O9S.2Na/c1-7(2)20-5-12(11(15)16,6-21-8(3)4)9(10(13)14)22(17,18)19;;/h7-9H,5-6H2,1-4H3,(H,13,14)(H,15,16)(H,17,18,19);;/q;2*+1/p-2. The Morgan fingerprint density at radius 1 is 1.00 bits per heavy atom. The fourth-order valence-electron chi connectivity index (χ4n) is 1.68. The van der Waals surface area contributed by atoms with Gasteiger partial charge in [-0.2, -0.15) is 8.42 Å². The van der Waals surface area contributed by atoms with Gasteiger partial charge in [0, 0.05) is 0 Å². The van der Waals surface area contributed by atoms with Gasteiger partial charge in [0.25, 0.3) is 10.1 Å². The molecule has 0 radical (unpaired) electrons. The van der Waals surface area contributed by atoms with E-state index in [0.29, 0.717) is 0 Å². The zero-order valence-corrected chi connectivity index (χ0v) is 19.6. The molecule has 0 aliphatic heterocycles. The number of hydrogen-bond acceptors (Lipinski definition) is 8. The molecule has 0 amide bonds. The average Bonchev–Trinajstić information content (AvgIpc) is 2.29. The van der Waals surface area contributed by atoms with E-state index in [9.17, 15) is 28.2 Å². The predicted molar refractivity (Wildman–Crippen MR) is 70.0 cm³/mol. The molecule has 130 valence electrons. The summed E-state index contributed by atoms with van der Waals surface area (Å²) in [6.45, 7) is 4.43. The molecule has 0 aromatic rings. The van der Waals surface area contributed by atoms with Crippen LogP contribution in [0.1, 0.15) is 27.7 Å². The minimum Gasteiger partial charge on any atom is -0.549 e. The van der Waals surface area contributed by atoms with Crippen molar-refractivity contribution in [2.75, 3.05) is 13.2 Å². The molecule has 0 aliphatic carbocycles. The van der Waals surface area contributed by atoms with E-state index in [1.54, 1.807) is 0 Å². The largest absolute Gasteiger partial charge is 1.00 e. The third kappa shape index (κ3) is 8.93. The van der Waals surface area contributed by atoms with Gasteiger partial charge in [-0.25, -0.2) is 0 Å². The normalized spacial score (nSPS) is 13.1. The van der Waals surface area contributed by atoms with E-state index in [0.717, 1.165) is 0 Å². The van der Waals surface area contributed by atoms with Crippen molar-refractivity contribution in [2.24, 2.45) is 5.41 Å². The number of carbonyl (C=O) groups is 2. The van der Waals surface area contributed by atoms with E-state index in [-0.39, 0.29) is 59.1 Å². The average molecular weight is 386 g/mol. The second kappa shape index (κ2) is 12.2. The minimum absolute atomic E-state index is 0. The van der Waals surface area contributed by atoms with Crippen molar-refractivity contribution in [1.29, 1.82) is 0 Å². The van der Waals surface area contributed by atoms with Crippen LogP contribution in [-0.2, 0) is 29.2 Å². The van der Waals surface area contributed by atoms with Gasteiger partial charge >= 0.3 is 59.1 Å². The molecular formula is C12H20Na2O9S. The summed E-state index contributed by atoms with van der Waals surface area (Å²) in [7, 11) is -5.31. The van der Waals surface area contributed by atoms with E-state index in [2.05, 4.69) is 0 Å². The Morgan fingerprint density at radius 3 is 1.50 bits per heavy atom.